The van der Waals surface area contributed by atoms with E-state index in [1.165, 1.54) is 5.56 Å². The van der Waals surface area contributed by atoms with Gasteiger partial charge < -0.3 is 10.2 Å². The number of aliphatic hydroxyl groups excluding tert-OH is 1. The maximum Gasteiger partial charge on any atom is 0.335 e. The first-order chi connectivity index (χ1) is 10.7. The first-order valence-corrected chi connectivity index (χ1v) is 8.29. The number of rotatable bonds is 5. The average molecular weight is 317 g/mol. The van der Waals surface area contributed by atoms with Crippen LogP contribution < -0.4 is 0 Å². The Morgan fingerprint density at radius 3 is 2.59 bits per heavy atom. The van der Waals surface area contributed by atoms with Crippen molar-refractivity contribution in [2.45, 2.75) is 12.5 Å². The van der Waals surface area contributed by atoms with Crippen molar-refractivity contribution in [2.24, 2.45) is 5.92 Å². The van der Waals surface area contributed by atoms with Gasteiger partial charge in [0.15, 0.2) is 0 Å². The molecule has 0 bridgehead atoms. The molecule has 1 fully saturated rings. The number of carbonyl (C=O) groups is 1. The molecule has 2 atom stereocenters. The summed E-state index contributed by atoms with van der Waals surface area (Å²) in [6, 6.07) is 9.18. The van der Waals surface area contributed by atoms with Gasteiger partial charge in [0, 0.05) is 38.1 Å². The first kappa shape index (κ1) is 15.2. The van der Waals surface area contributed by atoms with E-state index in [2.05, 4.69) is 21.7 Å². The zero-order valence-corrected chi connectivity index (χ0v) is 13.0. The number of hydrogen-bond acceptors (Lipinski definition) is 4. The minimum atomic E-state index is -0.898. The van der Waals surface area contributed by atoms with E-state index in [1.54, 1.807) is 23.5 Å². The molecular weight excluding hydrogens is 298 g/mol. The highest BCUT2D eigenvalue weighted by Crippen LogP contribution is 2.34. The van der Waals surface area contributed by atoms with E-state index in [0.717, 1.165) is 25.2 Å². The van der Waals surface area contributed by atoms with Gasteiger partial charge in [-0.3, -0.25) is 4.90 Å². The molecule has 2 N–H and O–H groups in total. The topological polar surface area (TPSA) is 60.8 Å². The first-order valence-electron chi connectivity index (χ1n) is 7.35. The third kappa shape index (κ3) is 3.21. The maximum atomic E-state index is 10.9. The van der Waals surface area contributed by atoms with Crippen LogP contribution in [-0.2, 0) is 6.54 Å². The molecule has 0 spiro atoms. The van der Waals surface area contributed by atoms with Crippen LogP contribution in [0.3, 0.4) is 0 Å². The largest absolute Gasteiger partial charge is 0.478 e. The molecule has 3 rings (SSSR count). The normalized spacial score (nSPS) is 22.0. The number of aromatic carboxylic acids is 1. The predicted molar refractivity (Wildman–Crippen MR) is 86.3 cm³/mol. The molecule has 0 aliphatic carbocycles. The van der Waals surface area contributed by atoms with E-state index in [1.807, 2.05) is 12.1 Å². The Labute approximate surface area is 133 Å². The van der Waals surface area contributed by atoms with E-state index in [0.29, 0.717) is 11.5 Å². The SMILES string of the molecule is O=C(O)c1ccc(CN2C[C@@H](CO)[C@H](c3ccsc3)C2)cc1. The fourth-order valence-corrected chi connectivity index (χ4v) is 3.87. The number of likely N-dealkylation sites (tertiary alicyclic amines) is 1. The molecule has 116 valence electrons. The number of benzene rings is 1. The van der Waals surface area contributed by atoms with E-state index < -0.39 is 5.97 Å². The summed E-state index contributed by atoms with van der Waals surface area (Å²) < 4.78 is 0. The molecule has 1 aliphatic rings. The molecule has 1 aromatic heterocycles. The second-order valence-electron chi connectivity index (χ2n) is 5.80. The summed E-state index contributed by atoms with van der Waals surface area (Å²) in [6.45, 7) is 2.80. The predicted octanol–water partition coefficient (Wildman–Crippen LogP) is 2.65. The third-order valence-electron chi connectivity index (χ3n) is 4.33. The molecule has 0 saturated carbocycles. The van der Waals surface area contributed by atoms with Crippen LogP contribution in [0.15, 0.2) is 41.1 Å². The fourth-order valence-electron chi connectivity index (χ4n) is 3.15. The average Bonchev–Trinajstić information content (AvgIpc) is 3.16. The van der Waals surface area contributed by atoms with Crippen LogP contribution in [0.1, 0.15) is 27.4 Å². The Morgan fingerprint density at radius 1 is 1.23 bits per heavy atom. The van der Waals surface area contributed by atoms with Crippen molar-refractivity contribution in [3.63, 3.8) is 0 Å². The summed E-state index contributed by atoms with van der Waals surface area (Å²) in [5.74, 6) is -0.243. The van der Waals surface area contributed by atoms with E-state index in [9.17, 15) is 9.90 Å². The van der Waals surface area contributed by atoms with Crippen molar-refractivity contribution in [3.05, 3.63) is 57.8 Å². The Hall–Kier alpha value is -1.69. The summed E-state index contributed by atoms with van der Waals surface area (Å²) in [5.41, 5.74) is 2.73. The quantitative estimate of drug-likeness (QED) is 0.890. The number of hydrogen-bond donors (Lipinski definition) is 2. The number of nitrogens with zero attached hydrogens (tertiary/aromatic N) is 1. The summed E-state index contributed by atoms with van der Waals surface area (Å²) in [5, 5.41) is 22.8. The monoisotopic (exact) mass is 317 g/mol. The number of thiophene rings is 1. The second kappa shape index (κ2) is 6.60. The van der Waals surface area contributed by atoms with Gasteiger partial charge in [0.05, 0.1) is 5.56 Å². The van der Waals surface area contributed by atoms with Crippen LogP contribution in [0.4, 0.5) is 0 Å². The van der Waals surface area contributed by atoms with E-state index in [4.69, 9.17) is 5.11 Å². The van der Waals surface area contributed by atoms with Crippen LogP contribution in [0, 0.1) is 5.92 Å². The maximum absolute atomic E-state index is 10.9. The summed E-state index contributed by atoms with van der Waals surface area (Å²) >= 11 is 1.69. The van der Waals surface area contributed by atoms with Crippen molar-refractivity contribution in [2.75, 3.05) is 19.7 Å². The number of carboxylic acid groups (broad SMARTS) is 1. The Bertz CT molecular complexity index is 624. The molecule has 1 aromatic carbocycles. The highest BCUT2D eigenvalue weighted by atomic mass is 32.1. The van der Waals surface area contributed by atoms with Crippen LogP contribution in [0.25, 0.3) is 0 Å². The Morgan fingerprint density at radius 2 is 2.00 bits per heavy atom. The molecule has 0 unspecified atom stereocenters. The minimum Gasteiger partial charge on any atom is -0.478 e. The zero-order chi connectivity index (χ0) is 15.5. The highest BCUT2D eigenvalue weighted by Gasteiger charge is 2.33. The van der Waals surface area contributed by atoms with Gasteiger partial charge in [-0.2, -0.15) is 11.3 Å². The number of carboxylic acids is 1. The fraction of sp³-hybridized carbons (Fsp3) is 0.353. The van der Waals surface area contributed by atoms with Gasteiger partial charge in [0.25, 0.3) is 0 Å². The molecule has 2 heterocycles. The Balaban J connectivity index is 1.67. The lowest BCUT2D eigenvalue weighted by Crippen LogP contribution is -2.21. The van der Waals surface area contributed by atoms with Crippen molar-refractivity contribution < 1.29 is 15.0 Å². The lowest BCUT2D eigenvalue weighted by molar-refractivity contribution is 0.0697. The molecule has 22 heavy (non-hydrogen) atoms. The van der Waals surface area contributed by atoms with Crippen LogP contribution >= 0.6 is 11.3 Å². The standard InChI is InChI=1S/C17H19NO3S/c19-10-15-8-18(9-16(15)14-5-6-22-11-14)7-12-1-3-13(4-2-12)17(20)21/h1-6,11,15-16,19H,7-10H2,(H,20,21)/t15-,16-/m0/s1. The van der Waals surface area contributed by atoms with Gasteiger partial charge in [-0.05, 0) is 40.1 Å². The van der Waals surface area contributed by atoms with Gasteiger partial charge in [-0.1, -0.05) is 12.1 Å². The van der Waals surface area contributed by atoms with E-state index >= 15 is 0 Å². The smallest absolute Gasteiger partial charge is 0.335 e. The molecular formula is C17H19NO3S. The molecule has 4 nitrogen and oxygen atoms in total. The molecule has 0 radical (unpaired) electrons. The third-order valence-corrected chi connectivity index (χ3v) is 5.03. The van der Waals surface area contributed by atoms with Crippen molar-refractivity contribution in [1.82, 2.24) is 4.90 Å². The summed E-state index contributed by atoms with van der Waals surface area (Å²) in [7, 11) is 0. The van der Waals surface area contributed by atoms with Crippen LogP contribution in [-0.4, -0.2) is 40.8 Å². The minimum absolute atomic E-state index is 0.203. The van der Waals surface area contributed by atoms with Crippen molar-refractivity contribution in [3.8, 4) is 0 Å². The van der Waals surface area contributed by atoms with Gasteiger partial charge in [-0.25, -0.2) is 4.79 Å². The highest BCUT2D eigenvalue weighted by molar-refractivity contribution is 7.08. The molecule has 2 aromatic rings. The van der Waals surface area contributed by atoms with Crippen LogP contribution in [0.2, 0.25) is 0 Å². The number of aliphatic hydroxyl groups is 1. The van der Waals surface area contributed by atoms with Gasteiger partial charge >= 0.3 is 5.97 Å². The van der Waals surface area contributed by atoms with Crippen molar-refractivity contribution in [1.29, 1.82) is 0 Å². The van der Waals surface area contributed by atoms with Gasteiger partial charge in [0.2, 0.25) is 0 Å². The van der Waals surface area contributed by atoms with Crippen LogP contribution in [0.5, 0.6) is 0 Å². The lowest BCUT2D eigenvalue weighted by atomic mass is 9.92. The van der Waals surface area contributed by atoms with Crippen molar-refractivity contribution >= 4 is 17.3 Å². The zero-order valence-electron chi connectivity index (χ0n) is 12.2. The molecule has 0 amide bonds. The van der Waals surface area contributed by atoms with E-state index in [-0.39, 0.29) is 12.5 Å². The molecule has 5 heteroatoms. The summed E-state index contributed by atoms with van der Waals surface area (Å²) in [6.07, 6.45) is 0. The van der Waals surface area contributed by atoms with Gasteiger partial charge in [0.1, 0.15) is 0 Å². The lowest BCUT2D eigenvalue weighted by Gasteiger charge is -2.15. The Kier molecular flexibility index (Phi) is 4.57. The molecule has 1 saturated heterocycles. The molecule has 1 aliphatic heterocycles. The summed E-state index contributed by atoms with van der Waals surface area (Å²) in [4.78, 5) is 13.2. The second-order valence-corrected chi connectivity index (χ2v) is 6.58. The van der Waals surface area contributed by atoms with Gasteiger partial charge in [-0.15, -0.1) is 0 Å².